The number of rotatable bonds is 8. The van der Waals surface area contributed by atoms with E-state index in [9.17, 15) is 4.79 Å². The third-order valence-corrected chi connectivity index (χ3v) is 3.67. The van der Waals surface area contributed by atoms with Gasteiger partial charge < -0.3 is 15.4 Å². The smallest absolute Gasteiger partial charge is 0.258 e. The number of hydrogen-bond acceptors (Lipinski definition) is 3. The highest BCUT2D eigenvalue weighted by atomic mass is 35.5. The van der Waals surface area contributed by atoms with Gasteiger partial charge in [0.05, 0.1) is 5.02 Å². The molecule has 0 saturated heterocycles. The van der Waals surface area contributed by atoms with Gasteiger partial charge in [-0.3, -0.25) is 4.79 Å². The standard InChI is InChI=1S/C16H25ClN2O2/c1-5-6-11(2)19-16(20)10-21-15-8-7-13(9-14(15)17)12(3)18-4/h7-9,11-12,18H,5-6,10H2,1-4H3,(H,19,20). The summed E-state index contributed by atoms with van der Waals surface area (Å²) in [5.74, 6) is 0.404. The van der Waals surface area contributed by atoms with Crippen LogP contribution in [-0.4, -0.2) is 25.6 Å². The average molecular weight is 313 g/mol. The molecule has 1 amide bonds. The topological polar surface area (TPSA) is 50.4 Å². The highest BCUT2D eigenvalue weighted by Gasteiger charge is 2.10. The highest BCUT2D eigenvalue weighted by Crippen LogP contribution is 2.27. The Balaban J connectivity index is 2.54. The van der Waals surface area contributed by atoms with Gasteiger partial charge in [-0.05, 0) is 45.0 Å². The molecule has 1 aromatic rings. The van der Waals surface area contributed by atoms with Crippen molar-refractivity contribution in [1.29, 1.82) is 0 Å². The predicted octanol–water partition coefficient (Wildman–Crippen LogP) is 3.30. The fourth-order valence-electron chi connectivity index (χ4n) is 2.04. The molecule has 0 fully saturated rings. The normalized spacial score (nSPS) is 13.6. The summed E-state index contributed by atoms with van der Waals surface area (Å²) in [7, 11) is 1.89. The monoisotopic (exact) mass is 312 g/mol. The van der Waals surface area contributed by atoms with Crippen LogP contribution in [-0.2, 0) is 4.79 Å². The summed E-state index contributed by atoms with van der Waals surface area (Å²) in [5, 5.41) is 6.56. The van der Waals surface area contributed by atoms with Crippen LogP contribution in [0.25, 0.3) is 0 Å². The molecule has 21 heavy (non-hydrogen) atoms. The van der Waals surface area contributed by atoms with Gasteiger partial charge in [0.15, 0.2) is 6.61 Å². The third kappa shape index (κ3) is 5.94. The average Bonchev–Trinajstić information content (AvgIpc) is 2.45. The van der Waals surface area contributed by atoms with Crippen LogP contribution in [0.4, 0.5) is 0 Å². The van der Waals surface area contributed by atoms with Crippen LogP contribution in [0.5, 0.6) is 5.75 Å². The second-order valence-electron chi connectivity index (χ2n) is 5.25. The zero-order chi connectivity index (χ0) is 15.8. The van der Waals surface area contributed by atoms with Gasteiger partial charge in [-0.25, -0.2) is 0 Å². The molecule has 2 unspecified atom stereocenters. The maximum atomic E-state index is 11.7. The van der Waals surface area contributed by atoms with Crippen LogP contribution >= 0.6 is 11.6 Å². The van der Waals surface area contributed by atoms with Gasteiger partial charge in [0.25, 0.3) is 5.91 Å². The molecule has 4 nitrogen and oxygen atoms in total. The van der Waals surface area contributed by atoms with Crippen molar-refractivity contribution in [3.8, 4) is 5.75 Å². The number of carbonyl (C=O) groups excluding carboxylic acids is 1. The van der Waals surface area contributed by atoms with E-state index in [-0.39, 0.29) is 24.6 Å². The van der Waals surface area contributed by atoms with E-state index in [1.807, 2.05) is 26.1 Å². The van der Waals surface area contributed by atoms with Gasteiger partial charge in [-0.15, -0.1) is 0 Å². The molecule has 118 valence electrons. The number of ether oxygens (including phenoxy) is 1. The SMILES string of the molecule is CCCC(C)NC(=O)COc1ccc(C(C)NC)cc1Cl. The molecule has 0 spiro atoms. The van der Waals surface area contributed by atoms with E-state index in [0.29, 0.717) is 10.8 Å². The molecule has 0 aliphatic heterocycles. The molecule has 0 bridgehead atoms. The summed E-state index contributed by atoms with van der Waals surface area (Å²) in [6, 6.07) is 5.99. The molecule has 2 atom stereocenters. The number of nitrogens with one attached hydrogen (secondary N) is 2. The van der Waals surface area contributed by atoms with Gasteiger partial charge in [-0.1, -0.05) is 31.0 Å². The summed E-state index contributed by atoms with van der Waals surface area (Å²) in [6.07, 6.45) is 2.00. The van der Waals surface area contributed by atoms with Crippen LogP contribution in [0.2, 0.25) is 5.02 Å². The van der Waals surface area contributed by atoms with Crippen LogP contribution in [0.3, 0.4) is 0 Å². The molecule has 0 saturated carbocycles. The molecule has 1 rings (SSSR count). The lowest BCUT2D eigenvalue weighted by Gasteiger charge is -2.15. The molecule has 0 heterocycles. The molecule has 0 aromatic heterocycles. The van der Waals surface area contributed by atoms with Crippen molar-refractivity contribution in [3.63, 3.8) is 0 Å². The first-order valence-corrected chi connectivity index (χ1v) is 7.74. The van der Waals surface area contributed by atoms with Crippen molar-refractivity contribution >= 4 is 17.5 Å². The lowest BCUT2D eigenvalue weighted by Crippen LogP contribution is -2.35. The molecule has 0 aliphatic carbocycles. The maximum absolute atomic E-state index is 11.7. The Bertz CT molecular complexity index is 466. The zero-order valence-corrected chi connectivity index (χ0v) is 14.0. The van der Waals surface area contributed by atoms with E-state index in [2.05, 4.69) is 24.5 Å². The van der Waals surface area contributed by atoms with Crippen LogP contribution in [0.1, 0.15) is 45.2 Å². The van der Waals surface area contributed by atoms with Gasteiger partial charge in [0.2, 0.25) is 0 Å². The summed E-state index contributed by atoms with van der Waals surface area (Å²) in [4.78, 5) is 11.7. The zero-order valence-electron chi connectivity index (χ0n) is 13.2. The minimum Gasteiger partial charge on any atom is -0.482 e. The molecular weight excluding hydrogens is 288 g/mol. The highest BCUT2D eigenvalue weighted by molar-refractivity contribution is 6.32. The fraction of sp³-hybridized carbons (Fsp3) is 0.562. The van der Waals surface area contributed by atoms with Gasteiger partial charge in [-0.2, -0.15) is 0 Å². The Morgan fingerprint density at radius 1 is 1.38 bits per heavy atom. The molecule has 2 N–H and O–H groups in total. The maximum Gasteiger partial charge on any atom is 0.258 e. The predicted molar refractivity (Wildman–Crippen MR) is 86.9 cm³/mol. The molecular formula is C16H25ClN2O2. The van der Waals surface area contributed by atoms with Gasteiger partial charge in [0.1, 0.15) is 5.75 Å². The van der Waals surface area contributed by atoms with E-state index in [1.165, 1.54) is 0 Å². The first-order chi connectivity index (χ1) is 9.97. The van der Waals surface area contributed by atoms with E-state index in [4.69, 9.17) is 16.3 Å². The van der Waals surface area contributed by atoms with Crippen molar-refractivity contribution in [2.45, 2.75) is 45.7 Å². The Labute approximate surface area is 132 Å². The Hall–Kier alpha value is -1.26. The van der Waals surface area contributed by atoms with Crippen molar-refractivity contribution in [2.24, 2.45) is 0 Å². The fourth-order valence-corrected chi connectivity index (χ4v) is 2.28. The first-order valence-electron chi connectivity index (χ1n) is 7.36. The number of amides is 1. The molecule has 5 heteroatoms. The van der Waals surface area contributed by atoms with Crippen molar-refractivity contribution < 1.29 is 9.53 Å². The summed E-state index contributed by atoms with van der Waals surface area (Å²) >= 11 is 6.18. The van der Waals surface area contributed by atoms with E-state index in [1.54, 1.807) is 6.07 Å². The second-order valence-corrected chi connectivity index (χ2v) is 5.65. The van der Waals surface area contributed by atoms with Crippen molar-refractivity contribution in [1.82, 2.24) is 10.6 Å². The minimum absolute atomic E-state index is 0.0191. The summed E-state index contributed by atoms with van der Waals surface area (Å²) in [6.45, 7) is 6.11. The summed E-state index contributed by atoms with van der Waals surface area (Å²) in [5.41, 5.74) is 1.08. The lowest BCUT2D eigenvalue weighted by molar-refractivity contribution is -0.123. The largest absolute Gasteiger partial charge is 0.482 e. The van der Waals surface area contributed by atoms with Crippen LogP contribution in [0.15, 0.2) is 18.2 Å². The molecule has 0 aliphatic rings. The Morgan fingerprint density at radius 3 is 2.67 bits per heavy atom. The van der Waals surface area contributed by atoms with E-state index >= 15 is 0 Å². The second kappa shape index (κ2) is 8.90. The lowest BCUT2D eigenvalue weighted by atomic mass is 10.1. The van der Waals surface area contributed by atoms with Crippen molar-refractivity contribution in [3.05, 3.63) is 28.8 Å². The Kier molecular flexibility index (Phi) is 7.54. The number of halogens is 1. The van der Waals surface area contributed by atoms with Gasteiger partial charge in [0, 0.05) is 12.1 Å². The van der Waals surface area contributed by atoms with Gasteiger partial charge >= 0.3 is 0 Å². The number of hydrogen-bond donors (Lipinski definition) is 2. The number of carbonyl (C=O) groups is 1. The van der Waals surface area contributed by atoms with E-state index in [0.717, 1.165) is 18.4 Å². The molecule has 0 radical (unpaired) electrons. The summed E-state index contributed by atoms with van der Waals surface area (Å²) < 4.78 is 5.48. The van der Waals surface area contributed by atoms with Crippen LogP contribution in [0, 0.1) is 0 Å². The number of benzene rings is 1. The quantitative estimate of drug-likeness (QED) is 0.774. The van der Waals surface area contributed by atoms with Crippen molar-refractivity contribution in [2.75, 3.05) is 13.7 Å². The first kappa shape index (κ1) is 17.8. The van der Waals surface area contributed by atoms with E-state index < -0.39 is 0 Å². The minimum atomic E-state index is -0.125. The third-order valence-electron chi connectivity index (χ3n) is 3.38. The Morgan fingerprint density at radius 2 is 2.10 bits per heavy atom. The van der Waals surface area contributed by atoms with Crippen LogP contribution < -0.4 is 15.4 Å². The molecule has 1 aromatic carbocycles.